The van der Waals surface area contributed by atoms with Crippen molar-refractivity contribution in [1.29, 1.82) is 0 Å². The summed E-state index contributed by atoms with van der Waals surface area (Å²) < 4.78 is 30.5. The fourth-order valence-electron chi connectivity index (χ4n) is 1.62. The Morgan fingerprint density at radius 1 is 1.47 bits per heavy atom. The summed E-state index contributed by atoms with van der Waals surface area (Å²) in [6, 6.07) is -0.0419. The third-order valence-corrected chi connectivity index (χ3v) is 4.78. The summed E-state index contributed by atoms with van der Waals surface area (Å²) in [7, 11) is -3.11. The molecule has 1 fully saturated rings. The first-order valence-electron chi connectivity index (χ1n) is 5.21. The lowest BCUT2D eigenvalue weighted by molar-refractivity contribution is 0.0393. The van der Waals surface area contributed by atoms with Crippen LogP contribution in [-0.2, 0) is 14.8 Å². The predicted molar refractivity (Wildman–Crippen MR) is 60.7 cm³/mol. The third-order valence-electron chi connectivity index (χ3n) is 2.45. The minimum Gasteiger partial charge on any atom is -0.378 e. The molecule has 1 aliphatic heterocycles. The quantitative estimate of drug-likeness (QED) is 0.545. The van der Waals surface area contributed by atoms with Crippen LogP contribution in [0.4, 0.5) is 0 Å². The molecule has 1 rings (SSSR count). The zero-order valence-corrected chi connectivity index (χ0v) is 10.6. The number of hydrogen-bond acceptors (Lipinski definition) is 3. The average molecular weight is 256 g/mol. The number of hydrogen-bond donors (Lipinski definition) is 0. The Morgan fingerprint density at radius 2 is 2.20 bits per heavy atom. The largest absolute Gasteiger partial charge is 0.378 e. The number of halogens is 1. The van der Waals surface area contributed by atoms with Crippen LogP contribution in [0.25, 0.3) is 0 Å². The number of alkyl halides is 1. The molecule has 0 bridgehead atoms. The van der Waals surface area contributed by atoms with Gasteiger partial charge in [0, 0.05) is 18.5 Å². The van der Waals surface area contributed by atoms with Gasteiger partial charge < -0.3 is 4.74 Å². The monoisotopic (exact) mass is 255 g/mol. The molecule has 15 heavy (non-hydrogen) atoms. The van der Waals surface area contributed by atoms with Crippen molar-refractivity contribution in [3.8, 4) is 0 Å². The lowest BCUT2D eigenvalue weighted by Crippen LogP contribution is -2.47. The lowest BCUT2D eigenvalue weighted by Gasteiger charge is -2.32. The fraction of sp³-hybridized carbons (Fsp3) is 1.00. The van der Waals surface area contributed by atoms with Crippen LogP contribution >= 0.6 is 11.6 Å². The molecule has 0 aromatic heterocycles. The van der Waals surface area contributed by atoms with Gasteiger partial charge in [-0.2, -0.15) is 4.31 Å². The number of morpholine rings is 1. The van der Waals surface area contributed by atoms with E-state index in [1.54, 1.807) is 4.31 Å². The Bertz CT molecular complexity index is 281. The second-order valence-electron chi connectivity index (χ2n) is 3.75. The van der Waals surface area contributed by atoms with Gasteiger partial charge in [-0.25, -0.2) is 8.42 Å². The van der Waals surface area contributed by atoms with Crippen LogP contribution in [0.2, 0.25) is 0 Å². The lowest BCUT2D eigenvalue weighted by atomic mass is 10.3. The number of ether oxygens (including phenoxy) is 1. The van der Waals surface area contributed by atoms with E-state index in [0.29, 0.717) is 32.1 Å². The summed E-state index contributed by atoms with van der Waals surface area (Å²) >= 11 is 5.52. The molecule has 0 aromatic carbocycles. The van der Waals surface area contributed by atoms with E-state index in [4.69, 9.17) is 16.3 Å². The summed E-state index contributed by atoms with van der Waals surface area (Å²) in [6.45, 7) is 3.34. The number of sulfonamides is 1. The summed E-state index contributed by atoms with van der Waals surface area (Å²) in [5.41, 5.74) is 0. The molecule has 1 aliphatic rings. The Kier molecular flexibility index (Phi) is 5.32. The van der Waals surface area contributed by atoms with E-state index in [1.807, 2.05) is 6.92 Å². The number of rotatable bonds is 5. The smallest absolute Gasteiger partial charge is 0.214 e. The van der Waals surface area contributed by atoms with Crippen molar-refractivity contribution in [2.45, 2.75) is 25.8 Å². The van der Waals surface area contributed by atoms with Crippen molar-refractivity contribution < 1.29 is 13.2 Å². The molecular weight excluding hydrogens is 238 g/mol. The van der Waals surface area contributed by atoms with E-state index in [-0.39, 0.29) is 11.8 Å². The zero-order valence-electron chi connectivity index (χ0n) is 8.99. The molecule has 1 heterocycles. The summed E-state index contributed by atoms with van der Waals surface area (Å²) in [5.74, 6) is 0.720. The topological polar surface area (TPSA) is 46.6 Å². The van der Waals surface area contributed by atoms with Gasteiger partial charge in [0.1, 0.15) is 0 Å². The minimum absolute atomic E-state index is 0.0419. The summed E-state index contributed by atoms with van der Waals surface area (Å²) in [5, 5.41) is 0. The van der Waals surface area contributed by atoms with Gasteiger partial charge in [-0.15, -0.1) is 11.6 Å². The highest BCUT2D eigenvalue weighted by Crippen LogP contribution is 2.13. The van der Waals surface area contributed by atoms with Crippen LogP contribution in [-0.4, -0.2) is 50.2 Å². The van der Waals surface area contributed by atoms with Gasteiger partial charge in [0.2, 0.25) is 10.0 Å². The van der Waals surface area contributed by atoms with E-state index in [9.17, 15) is 8.42 Å². The highest BCUT2D eigenvalue weighted by molar-refractivity contribution is 7.89. The van der Waals surface area contributed by atoms with Crippen molar-refractivity contribution >= 4 is 21.6 Å². The maximum Gasteiger partial charge on any atom is 0.214 e. The molecule has 0 amide bonds. The molecule has 0 aromatic rings. The van der Waals surface area contributed by atoms with Crippen LogP contribution in [0.3, 0.4) is 0 Å². The molecule has 6 heteroatoms. The van der Waals surface area contributed by atoms with Gasteiger partial charge in [-0.05, 0) is 19.8 Å². The molecule has 1 atom stereocenters. The summed E-state index contributed by atoms with van der Waals surface area (Å²) in [4.78, 5) is 0. The van der Waals surface area contributed by atoms with Crippen molar-refractivity contribution in [3.63, 3.8) is 0 Å². The van der Waals surface area contributed by atoms with E-state index in [0.717, 1.165) is 6.42 Å². The van der Waals surface area contributed by atoms with Crippen LogP contribution < -0.4 is 0 Å². The van der Waals surface area contributed by atoms with Gasteiger partial charge in [0.05, 0.1) is 19.0 Å². The maximum atomic E-state index is 11.9. The number of unbranched alkanes of at least 4 members (excludes halogenated alkanes) is 1. The molecule has 0 spiro atoms. The number of nitrogens with zero attached hydrogens (tertiary/aromatic N) is 1. The van der Waals surface area contributed by atoms with Crippen molar-refractivity contribution in [2.24, 2.45) is 0 Å². The molecule has 0 saturated carbocycles. The molecule has 1 unspecified atom stereocenters. The average Bonchev–Trinajstić information content (AvgIpc) is 2.18. The van der Waals surface area contributed by atoms with Gasteiger partial charge in [0.25, 0.3) is 0 Å². The normalized spacial score (nSPS) is 24.3. The molecule has 0 N–H and O–H groups in total. The van der Waals surface area contributed by atoms with Crippen LogP contribution in [0.1, 0.15) is 19.8 Å². The van der Waals surface area contributed by atoms with E-state index < -0.39 is 10.0 Å². The van der Waals surface area contributed by atoms with E-state index in [1.165, 1.54) is 0 Å². The zero-order chi connectivity index (χ0) is 11.3. The third kappa shape index (κ3) is 3.90. The first-order chi connectivity index (χ1) is 7.08. The molecule has 4 nitrogen and oxygen atoms in total. The van der Waals surface area contributed by atoms with Crippen LogP contribution in [0.15, 0.2) is 0 Å². The van der Waals surface area contributed by atoms with Gasteiger partial charge in [-0.3, -0.25) is 0 Å². The van der Waals surface area contributed by atoms with Crippen molar-refractivity contribution in [3.05, 3.63) is 0 Å². The van der Waals surface area contributed by atoms with Crippen molar-refractivity contribution in [1.82, 2.24) is 4.31 Å². The first-order valence-corrected chi connectivity index (χ1v) is 7.35. The molecule has 90 valence electrons. The van der Waals surface area contributed by atoms with E-state index in [2.05, 4.69) is 0 Å². The second-order valence-corrected chi connectivity index (χ2v) is 6.17. The Balaban J connectivity index is 2.51. The van der Waals surface area contributed by atoms with Crippen molar-refractivity contribution in [2.75, 3.05) is 31.4 Å². The molecule has 0 radical (unpaired) electrons. The molecule has 0 aliphatic carbocycles. The van der Waals surface area contributed by atoms with E-state index >= 15 is 0 Å². The predicted octanol–water partition coefficient (Wildman–Crippen LogP) is 1.06. The Labute approximate surface area is 96.6 Å². The van der Waals surface area contributed by atoms with Gasteiger partial charge >= 0.3 is 0 Å². The maximum absolute atomic E-state index is 11.9. The van der Waals surface area contributed by atoms with Crippen LogP contribution in [0, 0.1) is 0 Å². The minimum atomic E-state index is -3.11. The highest BCUT2D eigenvalue weighted by Gasteiger charge is 2.29. The fourth-order valence-corrected chi connectivity index (χ4v) is 3.58. The van der Waals surface area contributed by atoms with Gasteiger partial charge in [-0.1, -0.05) is 0 Å². The van der Waals surface area contributed by atoms with Gasteiger partial charge in [0.15, 0.2) is 0 Å². The molecule has 1 saturated heterocycles. The Morgan fingerprint density at radius 3 is 2.80 bits per heavy atom. The highest BCUT2D eigenvalue weighted by atomic mass is 35.5. The van der Waals surface area contributed by atoms with Crippen LogP contribution in [0.5, 0.6) is 0 Å². The Hall–Kier alpha value is 0.160. The SMILES string of the molecule is CC1COCCN1S(=O)(=O)CCCCCl. The standard InChI is InChI=1S/C9H18ClNO3S/c1-9-8-14-6-5-11(9)15(12,13)7-3-2-4-10/h9H,2-8H2,1H3. The summed E-state index contributed by atoms with van der Waals surface area (Å²) in [6.07, 6.45) is 1.38. The first kappa shape index (κ1) is 13.2. The second kappa shape index (κ2) is 6.03. The molecular formula is C9H18ClNO3S.